The van der Waals surface area contributed by atoms with Gasteiger partial charge in [-0.1, -0.05) is 27.2 Å². The van der Waals surface area contributed by atoms with Gasteiger partial charge in [-0.15, -0.1) is 0 Å². The third-order valence-electron chi connectivity index (χ3n) is 6.13. The minimum Gasteiger partial charge on any atom is -0.466 e. The van der Waals surface area contributed by atoms with E-state index in [4.69, 9.17) is 4.74 Å². The summed E-state index contributed by atoms with van der Waals surface area (Å²) in [5.41, 5.74) is 0.611. The van der Waals surface area contributed by atoms with E-state index in [0.29, 0.717) is 12.0 Å². The molecule has 20 heavy (non-hydrogen) atoms. The van der Waals surface area contributed by atoms with Crippen LogP contribution in [0.3, 0.4) is 0 Å². The first-order valence-corrected chi connectivity index (χ1v) is 8.32. The molecule has 1 saturated carbocycles. The second kappa shape index (κ2) is 6.05. The summed E-state index contributed by atoms with van der Waals surface area (Å²) in [5, 5.41) is 3.44. The molecular formula is C17H31NO2. The molecule has 116 valence electrons. The number of hydrogen-bond donors (Lipinski definition) is 1. The molecule has 1 atom stereocenters. The van der Waals surface area contributed by atoms with Gasteiger partial charge in [0.2, 0.25) is 0 Å². The summed E-state index contributed by atoms with van der Waals surface area (Å²) in [7, 11) is 0. The van der Waals surface area contributed by atoms with E-state index in [1.807, 2.05) is 6.92 Å². The van der Waals surface area contributed by atoms with Crippen molar-refractivity contribution in [2.45, 2.75) is 59.8 Å². The Bertz CT molecular complexity index is 343. The molecule has 1 unspecified atom stereocenters. The van der Waals surface area contributed by atoms with Crippen molar-refractivity contribution in [3.8, 4) is 0 Å². The summed E-state index contributed by atoms with van der Waals surface area (Å²) in [6.45, 7) is 11.3. The van der Waals surface area contributed by atoms with Crippen LogP contribution in [0.4, 0.5) is 0 Å². The van der Waals surface area contributed by atoms with Crippen LogP contribution < -0.4 is 5.32 Å². The summed E-state index contributed by atoms with van der Waals surface area (Å²) in [6.07, 6.45) is 6.12. The molecule has 1 aliphatic carbocycles. The summed E-state index contributed by atoms with van der Waals surface area (Å²) >= 11 is 0. The van der Waals surface area contributed by atoms with Crippen LogP contribution >= 0.6 is 0 Å². The van der Waals surface area contributed by atoms with Crippen LogP contribution in [0.2, 0.25) is 0 Å². The lowest BCUT2D eigenvalue weighted by molar-refractivity contribution is -0.152. The highest BCUT2D eigenvalue weighted by Gasteiger charge is 2.50. The highest BCUT2D eigenvalue weighted by atomic mass is 16.5. The van der Waals surface area contributed by atoms with Gasteiger partial charge in [-0.3, -0.25) is 4.79 Å². The summed E-state index contributed by atoms with van der Waals surface area (Å²) in [5.74, 6) is 0.903. The van der Waals surface area contributed by atoms with Crippen molar-refractivity contribution in [3.05, 3.63) is 0 Å². The number of esters is 1. The zero-order valence-electron chi connectivity index (χ0n) is 13.6. The van der Waals surface area contributed by atoms with Crippen LogP contribution in [0.5, 0.6) is 0 Å². The third kappa shape index (κ3) is 2.88. The van der Waals surface area contributed by atoms with Gasteiger partial charge in [-0.2, -0.15) is 0 Å². The Labute approximate surface area is 123 Å². The number of carbonyl (C=O) groups excluding carboxylic acids is 1. The average molecular weight is 281 g/mol. The van der Waals surface area contributed by atoms with E-state index in [0.717, 1.165) is 19.0 Å². The fourth-order valence-electron chi connectivity index (χ4n) is 4.17. The molecule has 3 nitrogen and oxygen atoms in total. The number of carbonyl (C=O) groups is 1. The van der Waals surface area contributed by atoms with E-state index in [1.165, 1.54) is 32.1 Å². The number of hydrogen-bond acceptors (Lipinski definition) is 3. The van der Waals surface area contributed by atoms with Crippen molar-refractivity contribution in [1.82, 2.24) is 5.32 Å². The fourth-order valence-corrected chi connectivity index (χ4v) is 4.17. The molecule has 1 aliphatic heterocycles. The molecule has 1 heterocycles. The zero-order valence-corrected chi connectivity index (χ0v) is 13.6. The molecule has 0 radical (unpaired) electrons. The summed E-state index contributed by atoms with van der Waals surface area (Å²) < 4.78 is 5.29. The van der Waals surface area contributed by atoms with Crippen LogP contribution in [0.25, 0.3) is 0 Å². The Morgan fingerprint density at radius 3 is 2.50 bits per heavy atom. The number of rotatable bonds is 4. The van der Waals surface area contributed by atoms with Gasteiger partial charge in [0, 0.05) is 13.1 Å². The Kier molecular flexibility index (Phi) is 4.78. The molecule has 1 N–H and O–H groups in total. The van der Waals surface area contributed by atoms with Crippen molar-refractivity contribution in [2.75, 3.05) is 19.7 Å². The molecule has 3 heteroatoms. The van der Waals surface area contributed by atoms with Crippen LogP contribution in [-0.2, 0) is 9.53 Å². The quantitative estimate of drug-likeness (QED) is 0.803. The topological polar surface area (TPSA) is 38.3 Å². The molecule has 2 aliphatic rings. The predicted molar refractivity (Wildman–Crippen MR) is 81.5 cm³/mol. The van der Waals surface area contributed by atoms with E-state index in [1.54, 1.807) is 0 Å². The Morgan fingerprint density at radius 2 is 1.95 bits per heavy atom. The average Bonchev–Trinajstić information content (AvgIpc) is 2.83. The minimum atomic E-state index is 0.0192. The maximum absolute atomic E-state index is 12.2. The number of ether oxygens (including phenoxy) is 1. The molecule has 0 aromatic carbocycles. The minimum absolute atomic E-state index is 0.0192. The molecular weight excluding hydrogens is 250 g/mol. The van der Waals surface area contributed by atoms with Crippen molar-refractivity contribution < 1.29 is 9.53 Å². The molecule has 1 saturated heterocycles. The standard InChI is InChI=1S/C17H31NO2/c1-5-16(3,4)13-7-9-17(10-8-13)12-18-11-14(17)15(19)20-6-2/h13-14,18H,5-12H2,1-4H3. The predicted octanol–water partition coefficient (Wildman–Crippen LogP) is 3.38. The molecule has 0 bridgehead atoms. The van der Waals surface area contributed by atoms with E-state index < -0.39 is 0 Å². The van der Waals surface area contributed by atoms with E-state index in [-0.39, 0.29) is 17.3 Å². The fraction of sp³-hybridized carbons (Fsp3) is 0.941. The van der Waals surface area contributed by atoms with E-state index >= 15 is 0 Å². The van der Waals surface area contributed by atoms with Crippen molar-refractivity contribution in [3.63, 3.8) is 0 Å². The maximum Gasteiger partial charge on any atom is 0.310 e. The van der Waals surface area contributed by atoms with Crippen molar-refractivity contribution in [2.24, 2.45) is 22.7 Å². The summed E-state index contributed by atoms with van der Waals surface area (Å²) in [6, 6.07) is 0. The van der Waals surface area contributed by atoms with E-state index in [2.05, 4.69) is 26.1 Å². The first kappa shape index (κ1) is 15.8. The molecule has 1 spiro atoms. The maximum atomic E-state index is 12.2. The lowest BCUT2D eigenvalue weighted by atomic mass is 9.60. The monoisotopic (exact) mass is 281 g/mol. The molecule has 2 fully saturated rings. The molecule has 2 rings (SSSR count). The Morgan fingerprint density at radius 1 is 1.30 bits per heavy atom. The second-order valence-corrected chi connectivity index (χ2v) is 7.41. The van der Waals surface area contributed by atoms with Gasteiger partial charge in [0.25, 0.3) is 0 Å². The lowest BCUT2D eigenvalue weighted by Gasteiger charge is -2.45. The smallest absolute Gasteiger partial charge is 0.310 e. The largest absolute Gasteiger partial charge is 0.466 e. The Balaban J connectivity index is 2.02. The molecule has 0 aromatic heterocycles. The van der Waals surface area contributed by atoms with Crippen LogP contribution in [0.1, 0.15) is 59.8 Å². The number of nitrogens with one attached hydrogen (secondary N) is 1. The second-order valence-electron chi connectivity index (χ2n) is 7.41. The lowest BCUT2D eigenvalue weighted by Crippen LogP contribution is -2.41. The van der Waals surface area contributed by atoms with Gasteiger partial charge in [0.15, 0.2) is 0 Å². The van der Waals surface area contributed by atoms with Gasteiger partial charge in [-0.05, 0) is 49.4 Å². The van der Waals surface area contributed by atoms with Gasteiger partial charge >= 0.3 is 5.97 Å². The zero-order chi connectivity index (χ0) is 14.8. The van der Waals surface area contributed by atoms with Gasteiger partial charge in [0.1, 0.15) is 0 Å². The van der Waals surface area contributed by atoms with Crippen molar-refractivity contribution in [1.29, 1.82) is 0 Å². The molecule has 0 aromatic rings. The SMILES string of the molecule is CCOC(=O)C1CNCC12CCC(C(C)(C)CC)CC2. The van der Waals surface area contributed by atoms with E-state index in [9.17, 15) is 4.79 Å². The highest BCUT2D eigenvalue weighted by molar-refractivity contribution is 5.74. The van der Waals surface area contributed by atoms with Gasteiger partial charge < -0.3 is 10.1 Å². The normalized spacial score (nSPS) is 34.4. The molecule has 0 amide bonds. The summed E-state index contributed by atoms with van der Waals surface area (Å²) in [4.78, 5) is 12.2. The van der Waals surface area contributed by atoms with Crippen LogP contribution in [0.15, 0.2) is 0 Å². The first-order chi connectivity index (χ1) is 9.45. The first-order valence-electron chi connectivity index (χ1n) is 8.32. The van der Waals surface area contributed by atoms with Crippen LogP contribution in [0, 0.1) is 22.7 Å². The third-order valence-corrected chi connectivity index (χ3v) is 6.13. The van der Waals surface area contributed by atoms with Gasteiger partial charge in [0.05, 0.1) is 12.5 Å². The van der Waals surface area contributed by atoms with Crippen molar-refractivity contribution >= 4 is 5.97 Å². The highest BCUT2D eigenvalue weighted by Crippen LogP contribution is 2.51. The van der Waals surface area contributed by atoms with Crippen LogP contribution in [-0.4, -0.2) is 25.7 Å². The Hall–Kier alpha value is -0.570. The van der Waals surface area contributed by atoms with Gasteiger partial charge in [-0.25, -0.2) is 0 Å².